The highest BCUT2D eigenvalue weighted by molar-refractivity contribution is 5.98. The first-order valence-electron chi connectivity index (χ1n) is 6.69. The van der Waals surface area contributed by atoms with Gasteiger partial charge in [-0.2, -0.15) is 0 Å². The Balaban J connectivity index is 2.71. The number of esters is 1. The second-order valence-electron chi connectivity index (χ2n) is 5.33. The third-order valence-electron chi connectivity index (χ3n) is 3.13. The van der Waals surface area contributed by atoms with E-state index in [1.54, 1.807) is 0 Å². The summed E-state index contributed by atoms with van der Waals surface area (Å²) in [7, 11) is 0. The first kappa shape index (κ1) is 14.7. The maximum atomic E-state index is 12.0. The van der Waals surface area contributed by atoms with Gasteiger partial charge in [0.2, 0.25) is 5.91 Å². The molecule has 1 aliphatic rings. The number of hydrogen-bond donors (Lipinski definition) is 1. The molecule has 4 nitrogen and oxygen atoms in total. The van der Waals surface area contributed by atoms with Crippen LogP contribution in [0.5, 0.6) is 0 Å². The van der Waals surface area contributed by atoms with Crippen molar-refractivity contribution in [1.82, 2.24) is 0 Å². The molecule has 102 valence electrons. The average molecular weight is 253 g/mol. The van der Waals surface area contributed by atoms with Gasteiger partial charge in [-0.15, -0.1) is 0 Å². The number of carbonyl (C=O) groups excluding carboxylic acids is 2. The SMILES string of the molecule is CC(C)COC(=O)/C(=C\C(N)=O)C1CCCCC1. The lowest BCUT2D eigenvalue weighted by Crippen LogP contribution is -2.22. The summed E-state index contributed by atoms with van der Waals surface area (Å²) in [5, 5.41) is 0. The van der Waals surface area contributed by atoms with Crippen LogP contribution in [-0.4, -0.2) is 18.5 Å². The molecule has 0 saturated heterocycles. The predicted molar refractivity (Wildman–Crippen MR) is 69.6 cm³/mol. The lowest BCUT2D eigenvalue weighted by Gasteiger charge is -2.23. The minimum absolute atomic E-state index is 0.130. The fraction of sp³-hybridized carbons (Fsp3) is 0.714. The molecule has 0 atom stereocenters. The van der Waals surface area contributed by atoms with E-state index < -0.39 is 5.91 Å². The van der Waals surface area contributed by atoms with Crippen LogP contribution in [0.3, 0.4) is 0 Å². The van der Waals surface area contributed by atoms with Crippen molar-refractivity contribution in [2.24, 2.45) is 17.6 Å². The van der Waals surface area contributed by atoms with Crippen molar-refractivity contribution in [3.63, 3.8) is 0 Å². The maximum absolute atomic E-state index is 12.0. The molecule has 1 fully saturated rings. The second kappa shape index (κ2) is 7.19. The summed E-state index contributed by atoms with van der Waals surface area (Å²) in [5.74, 6) is -0.535. The van der Waals surface area contributed by atoms with Crippen LogP contribution in [0.15, 0.2) is 11.6 Å². The minimum Gasteiger partial charge on any atom is -0.462 e. The molecule has 0 heterocycles. The summed E-state index contributed by atoms with van der Waals surface area (Å²) in [5.41, 5.74) is 5.63. The summed E-state index contributed by atoms with van der Waals surface area (Å²) < 4.78 is 5.20. The fourth-order valence-corrected chi connectivity index (χ4v) is 2.24. The molecule has 0 aliphatic heterocycles. The maximum Gasteiger partial charge on any atom is 0.334 e. The highest BCUT2D eigenvalue weighted by Crippen LogP contribution is 2.30. The van der Waals surface area contributed by atoms with Gasteiger partial charge in [0.15, 0.2) is 0 Å². The Morgan fingerprint density at radius 1 is 1.28 bits per heavy atom. The largest absolute Gasteiger partial charge is 0.462 e. The number of amides is 1. The van der Waals surface area contributed by atoms with Gasteiger partial charge in [-0.1, -0.05) is 33.1 Å². The standard InChI is InChI=1S/C14H23NO3/c1-10(2)9-18-14(17)12(8-13(15)16)11-6-4-3-5-7-11/h8,10-11H,3-7,9H2,1-2H3,(H2,15,16)/b12-8-. The highest BCUT2D eigenvalue weighted by atomic mass is 16.5. The lowest BCUT2D eigenvalue weighted by atomic mass is 9.83. The summed E-state index contributed by atoms with van der Waals surface area (Å²) >= 11 is 0. The van der Waals surface area contributed by atoms with Crippen molar-refractivity contribution in [3.8, 4) is 0 Å². The molecular formula is C14H23NO3. The zero-order valence-electron chi connectivity index (χ0n) is 11.3. The molecule has 0 spiro atoms. The molecule has 0 aromatic carbocycles. The third kappa shape index (κ3) is 4.90. The van der Waals surface area contributed by atoms with Crippen LogP contribution in [0.2, 0.25) is 0 Å². The normalized spacial score (nSPS) is 17.8. The number of hydrogen-bond acceptors (Lipinski definition) is 3. The van der Waals surface area contributed by atoms with Crippen LogP contribution >= 0.6 is 0 Å². The Hall–Kier alpha value is -1.32. The van der Waals surface area contributed by atoms with E-state index in [-0.39, 0.29) is 17.8 Å². The summed E-state index contributed by atoms with van der Waals surface area (Å²) in [6.45, 7) is 4.33. The average Bonchev–Trinajstić information content (AvgIpc) is 2.34. The Labute approximate surface area is 109 Å². The van der Waals surface area contributed by atoms with E-state index in [2.05, 4.69) is 0 Å². The first-order valence-corrected chi connectivity index (χ1v) is 6.69. The van der Waals surface area contributed by atoms with Gasteiger partial charge < -0.3 is 10.5 Å². The van der Waals surface area contributed by atoms with Gasteiger partial charge in [0.05, 0.1) is 6.61 Å². The van der Waals surface area contributed by atoms with Crippen LogP contribution in [0.25, 0.3) is 0 Å². The van der Waals surface area contributed by atoms with E-state index in [0.29, 0.717) is 12.2 Å². The van der Waals surface area contributed by atoms with Crippen LogP contribution in [0.1, 0.15) is 46.0 Å². The van der Waals surface area contributed by atoms with E-state index in [0.717, 1.165) is 25.7 Å². The van der Waals surface area contributed by atoms with E-state index in [1.165, 1.54) is 12.5 Å². The Morgan fingerprint density at radius 2 is 1.89 bits per heavy atom. The Kier molecular flexibility index (Phi) is 5.89. The summed E-state index contributed by atoms with van der Waals surface area (Å²) in [4.78, 5) is 23.0. The van der Waals surface area contributed by atoms with Crippen molar-refractivity contribution in [2.75, 3.05) is 6.61 Å². The highest BCUT2D eigenvalue weighted by Gasteiger charge is 2.25. The number of carbonyl (C=O) groups is 2. The molecule has 1 amide bonds. The molecule has 0 bridgehead atoms. The quantitative estimate of drug-likeness (QED) is 0.603. The fourth-order valence-electron chi connectivity index (χ4n) is 2.24. The van der Waals surface area contributed by atoms with E-state index >= 15 is 0 Å². The zero-order valence-corrected chi connectivity index (χ0v) is 11.3. The van der Waals surface area contributed by atoms with Crippen LogP contribution in [-0.2, 0) is 14.3 Å². The van der Waals surface area contributed by atoms with Gasteiger partial charge in [-0.3, -0.25) is 4.79 Å². The van der Waals surface area contributed by atoms with Crippen molar-refractivity contribution >= 4 is 11.9 Å². The molecule has 0 aromatic rings. The van der Waals surface area contributed by atoms with Crippen LogP contribution in [0.4, 0.5) is 0 Å². The van der Waals surface area contributed by atoms with Gasteiger partial charge in [0, 0.05) is 11.6 Å². The van der Waals surface area contributed by atoms with Crippen molar-refractivity contribution in [1.29, 1.82) is 0 Å². The van der Waals surface area contributed by atoms with Crippen LogP contribution < -0.4 is 5.73 Å². The predicted octanol–water partition coefficient (Wildman–Crippen LogP) is 2.18. The van der Waals surface area contributed by atoms with E-state index in [9.17, 15) is 9.59 Å². The van der Waals surface area contributed by atoms with Gasteiger partial charge >= 0.3 is 5.97 Å². The molecule has 1 saturated carbocycles. The molecule has 1 rings (SSSR count). The molecular weight excluding hydrogens is 230 g/mol. The molecule has 1 aliphatic carbocycles. The van der Waals surface area contributed by atoms with Gasteiger partial charge in [-0.05, 0) is 24.7 Å². The molecule has 0 aromatic heterocycles. The topological polar surface area (TPSA) is 69.4 Å². The van der Waals surface area contributed by atoms with Crippen molar-refractivity contribution < 1.29 is 14.3 Å². The number of primary amides is 1. The van der Waals surface area contributed by atoms with Crippen LogP contribution in [0, 0.1) is 11.8 Å². The van der Waals surface area contributed by atoms with Gasteiger partial charge in [0.25, 0.3) is 0 Å². The second-order valence-corrected chi connectivity index (χ2v) is 5.33. The first-order chi connectivity index (χ1) is 8.50. The van der Waals surface area contributed by atoms with Gasteiger partial charge in [0.1, 0.15) is 0 Å². The molecule has 4 heteroatoms. The smallest absolute Gasteiger partial charge is 0.334 e. The summed E-state index contributed by atoms with van der Waals surface area (Å²) in [6, 6.07) is 0. The number of rotatable bonds is 5. The zero-order chi connectivity index (χ0) is 13.5. The van der Waals surface area contributed by atoms with Crippen molar-refractivity contribution in [3.05, 3.63) is 11.6 Å². The van der Waals surface area contributed by atoms with E-state index in [1.807, 2.05) is 13.8 Å². The van der Waals surface area contributed by atoms with Gasteiger partial charge in [-0.25, -0.2) is 4.79 Å². The van der Waals surface area contributed by atoms with Crippen molar-refractivity contribution in [2.45, 2.75) is 46.0 Å². The Bertz CT molecular complexity index is 328. The third-order valence-corrected chi connectivity index (χ3v) is 3.13. The molecule has 0 radical (unpaired) electrons. The lowest BCUT2D eigenvalue weighted by molar-refractivity contribution is -0.141. The molecule has 2 N–H and O–H groups in total. The summed E-state index contributed by atoms with van der Waals surface area (Å²) in [6.07, 6.45) is 6.52. The monoisotopic (exact) mass is 253 g/mol. The Morgan fingerprint density at radius 3 is 2.39 bits per heavy atom. The van der Waals surface area contributed by atoms with E-state index in [4.69, 9.17) is 10.5 Å². The molecule has 0 unspecified atom stereocenters. The minimum atomic E-state index is -0.572. The number of nitrogens with two attached hydrogens (primary N) is 1. The molecule has 18 heavy (non-hydrogen) atoms. The number of ether oxygens (including phenoxy) is 1.